The number of thioether (sulfide) groups is 1. The van der Waals surface area contributed by atoms with Gasteiger partial charge in [-0.1, -0.05) is 20.8 Å². The Hall–Kier alpha value is 0.0200. The van der Waals surface area contributed by atoms with Crippen molar-refractivity contribution < 1.29 is 0 Å². The van der Waals surface area contributed by atoms with Crippen molar-refractivity contribution in [2.75, 3.05) is 5.75 Å². The van der Waals surface area contributed by atoms with E-state index in [0.29, 0.717) is 6.04 Å². The van der Waals surface area contributed by atoms with E-state index in [2.05, 4.69) is 32.7 Å². The van der Waals surface area contributed by atoms with Crippen LogP contribution >= 0.6 is 11.8 Å². The second-order valence-corrected chi connectivity index (χ2v) is 4.85. The minimum atomic E-state index is 0.273. The lowest BCUT2D eigenvalue weighted by Crippen LogP contribution is -2.14. The summed E-state index contributed by atoms with van der Waals surface area (Å²) in [6, 6.07) is 0.541. The van der Waals surface area contributed by atoms with Gasteiger partial charge in [0.25, 0.3) is 0 Å². The van der Waals surface area contributed by atoms with Crippen LogP contribution in [0.25, 0.3) is 0 Å². The number of nitrogens with zero attached hydrogens (tertiary/aromatic N) is 1. The van der Waals surface area contributed by atoms with Gasteiger partial charge in [0, 0.05) is 11.2 Å². The Morgan fingerprint density at radius 1 is 1.50 bits per heavy atom. The van der Waals surface area contributed by atoms with Gasteiger partial charge in [0.15, 0.2) is 0 Å². The van der Waals surface area contributed by atoms with E-state index < -0.39 is 0 Å². The molecule has 0 spiro atoms. The van der Waals surface area contributed by atoms with Crippen molar-refractivity contribution in [2.45, 2.75) is 33.7 Å². The number of hydrogen-bond acceptors (Lipinski definition) is 2. The molecule has 1 aliphatic rings. The molecule has 0 N–H and O–H groups in total. The summed E-state index contributed by atoms with van der Waals surface area (Å²) in [4.78, 5) is 4.54. The molecule has 0 aliphatic carbocycles. The van der Waals surface area contributed by atoms with Gasteiger partial charge in [-0.2, -0.15) is 0 Å². The van der Waals surface area contributed by atoms with Crippen LogP contribution in [0.2, 0.25) is 0 Å². The van der Waals surface area contributed by atoms with Gasteiger partial charge in [0.05, 0.1) is 11.1 Å². The third-order valence-corrected chi connectivity index (χ3v) is 3.08. The van der Waals surface area contributed by atoms with Crippen molar-refractivity contribution in [1.29, 1.82) is 0 Å². The zero-order chi connectivity index (χ0) is 7.78. The quantitative estimate of drug-likeness (QED) is 0.526. The fourth-order valence-corrected chi connectivity index (χ4v) is 2.05. The van der Waals surface area contributed by atoms with Gasteiger partial charge in [0.1, 0.15) is 0 Å². The molecule has 0 unspecified atom stereocenters. The molecule has 2 heteroatoms. The van der Waals surface area contributed by atoms with Crippen LogP contribution in [0, 0.1) is 5.41 Å². The zero-order valence-corrected chi connectivity index (χ0v) is 7.96. The third-order valence-electron chi connectivity index (χ3n) is 1.44. The molecule has 0 radical (unpaired) electrons. The Labute approximate surface area is 67.3 Å². The first-order chi connectivity index (χ1) is 4.50. The lowest BCUT2D eigenvalue weighted by atomic mass is 9.99. The van der Waals surface area contributed by atoms with Crippen molar-refractivity contribution in [1.82, 2.24) is 0 Å². The lowest BCUT2D eigenvalue weighted by Gasteiger charge is -2.16. The summed E-state index contributed by atoms with van der Waals surface area (Å²) in [7, 11) is 0. The van der Waals surface area contributed by atoms with Gasteiger partial charge >= 0.3 is 0 Å². The second kappa shape index (κ2) is 2.57. The number of hydrogen-bond donors (Lipinski definition) is 0. The summed E-state index contributed by atoms with van der Waals surface area (Å²) in [6.45, 7) is 8.83. The minimum Gasteiger partial charge on any atom is -0.278 e. The SMILES string of the molecule is C[C@@H]1CSC(C(C)(C)C)=N1. The van der Waals surface area contributed by atoms with Crippen LogP contribution in [-0.4, -0.2) is 16.8 Å². The highest BCUT2D eigenvalue weighted by Crippen LogP contribution is 2.30. The monoisotopic (exact) mass is 157 g/mol. The Kier molecular flexibility index (Phi) is 2.09. The number of aliphatic imine (C=N–C) groups is 1. The Morgan fingerprint density at radius 2 is 2.10 bits per heavy atom. The largest absolute Gasteiger partial charge is 0.278 e. The van der Waals surface area contributed by atoms with Crippen molar-refractivity contribution in [2.24, 2.45) is 10.4 Å². The molecule has 1 nitrogen and oxygen atoms in total. The summed E-state index contributed by atoms with van der Waals surface area (Å²) in [5.74, 6) is 1.17. The fraction of sp³-hybridized carbons (Fsp3) is 0.875. The van der Waals surface area contributed by atoms with Gasteiger partial charge in [-0.05, 0) is 6.92 Å². The predicted octanol–water partition coefficient (Wildman–Crippen LogP) is 2.57. The molecule has 0 bridgehead atoms. The summed E-state index contributed by atoms with van der Waals surface area (Å²) in [5.41, 5.74) is 0.273. The van der Waals surface area contributed by atoms with E-state index in [1.165, 1.54) is 10.8 Å². The van der Waals surface area contributed by atoms with Crippen LogP contribution in [-0.2, 0) is 0 Å². The molecule has 0 amide bonds. The highest BCUT2D eigenvalue weighted by atomic mass is 32.2. The molecule has 0 saturated carbocycles. The van der Waals surface area contributed by atoms with Crippen LogP contribution in [0.5, 0.6) is 0 Å². The molecule has 58 valence electrons. The predicted molar refractivity (Wildman–Crippen MR) is 48.8 cm³/mol. The van der Waals surface area contributed by atoms with Gasteiger partial charge in [0.2, 0.25) is 0 Å². The molecular formula is C8H15NS. The highest BCUT2D eigenvalue weighted by molar-refractivity contribution is 8.14. The normalized spacial score (nSPS) is 26.8. The molecule has 1 heterocycles. The van der Waals surface area contributed by atoms with Gasteiger partial charge < -0.3 is 0 Å². The zero-order valence-electron chi connectivity index (χ0n) is 7.14. The standard InChI is InChI=1S/C8H15NS/c1-6-5-10-7(9-6)8(2,3)4/h6H,5H2,1-4H3/t6-/m1/s1. The molecule has 1 atom stereocenters. The Morgan fingerprint density at radius 3 is 2.30 bits per heavy atom. The van der Waals surface area contributed by atoms with Crippen LogP contribution in [0.1, 0.15) is 27.7 Å². The van der Waals surface area contributed by atoms with Crippen molar-refractivity contribution in [3.63, 3.8) is 0 Å². The molecule has 0 saturated heterocycles. The van der Waals surface area contributed by atoms with E-state index in [-0.39, 0.29) is 5.41 Å². The minimum absolute atomic E-state index is 0.273. The summed E-state index contributed by atoms with van der Waals surface area (Å²) < 4.78 is 0. The maximum atomic E-state index is 4.54. The van der Waals surface area contributed by atoms with Crippen LogP contribution in [0.4, 0.5) is 0 Å². The summed E-state index contributed by atoms with van der Waals surface area (Å²) in [5, 5.41) is 1.32. The van der Waals surface area contributed by atoms with Crippen LogP contribution < -0.4 is 0 Å². The van der Waals surface area contributed by atoms with E-state index in [9.17, 15) is 0 Å². The fourth-order valence-electron chi connectivity index (χ4n) is 0.884. The molecule has 1 rings (SSSR count). The smallest absolute Gasteiger partial charge is 0.0733 e. The van der Waals surface area contributed by atoms with Gasteiger partial charge in [-0.3, -0.25) is 4.99 Å². The van der Waals surface area contributed by atoms with Gasteiger partial charge in [-0.15, -0.1) is 11.8 Å². The van der Waals surface area contributed by atoms with Crippen molar-refractivity contribution >= 4 is 16.8 Å². The lowest BCUT2D eigenvalue weighted by molar-refractivity contribution is 0.598. The topological polar surface area (TPSA) is 12.4 Å². The molecule has 0 aromatic rings. The molecule has 0 fully saturated rings. The first kappa shape index (κ1) is 8.12. The molecule has 0 aromatic carbocycles. The molecule has 10 heavy (non-hydrogen) atoms. The van der Waals surface area contributed by atoms with Crippen LogP contribution in [0.3, 0.4) is 0 Å². The maximum absolute atomic E-state index is 4.54. The molecule has 1 aliphatic heterocycles. The first-order valence-electron chi connectivity index (χ1n) is 3.71. The molecular weight excluding hydrogens is 142 g/mol. The third kappa shape index (κ3) is 1.75. The number of rotatable bonds is 0. The Balaban J connectivity index is 2.67. The average molecular weight is 157 g/mol. The van der Waals surface area contributed by atoms with Gasteiger partial charge in [-0.25, -0.2) is 0 Å². The average Bonchev–Trinajstić information content (AvgIpc) is 2.11. The summed E-state index contributed by atoms with van der Waals surface area (Å²) >= 11 is 1.91. The van der Waals surface area contributed by atoms with Crippen molar-refractivity contribution in [3.05, 3.63) is 0 Å². The Bertz CT molecular complexity index is 155. The van der Waals surface area contributed by atoms with E-state index >= 15 is 0 Å². The molecule has 0 aromatic heterocycles. The second-order valence-electron chi connectivity index (χ2n) is 3.84. The van der Waals surface area contributed by atoms with E-state index in [1.54, 1.807) is 0 Å². The van der Waals surface area contributed by atoms with E-state index in [4.69, 9.17) is 0 Å². The van der Waals surface area contributed by atoms with Crippen LogP contribution in [0.15, 0.2) is 4.99 Å². The maximum Gasteiger partial charge on any atom is 0.0733 e. The first-order valence-corrected chi connectivity index (χ1v) is 4.70. The van der Waals surface area contributed by atoms with E-state index in [0.717, 1.165) is 0 Å². The van der Waals surface area contributed by atoms with E-state index in [1.807, 2.05) is 11.8 Å². The van der Waals surface area contributed by atoms with Crippen molar-refractivity contribution in [3.8, 4) is 0 Å². The summed E-state index contributed by atoms with van der Waals surface area (Å²) in [6.07, 6.45) is 0. The highest BCUT2D eigenvalue weighted by Gasteiger charge is 2.24.